The van der Waals surface area contributed by atoms with Gasteiger partial charge in [-0.1, -0.05) is 27.7 Å². The summed E-state index contributed by atoms with van der Waals surface area (Å²) in [7, 11) is 0. The monoisotopic (exact) mass is 262 g/mol. The molecule has 0 aliphatic rings. The molecule has 4 N–H and O–H groups in total. The molecule has 0 radical (unpaired) electrons. The fraction of sp³-hybridized carbons (Fsp3) is 0.923. The van der Waals surface area contributed by atoms with Gasteiger partial charge < -0.3 is 20.4 Å². The highest BCUT2D eigenvalue weighted by Crippen LogP contribution is 2.21. The van der Waals surface area contributed by atoms with E-state index in [1.807, 2.05) is 20.8 Å². The number of Topliss-reactive ketones (excluding diaryl/α,β-unsaturated/α-hetero) is 1. The molecule has 108 valence electrons. The molecule has 0 saturated heterocycles. The summed E-state index contributed by atoms with van der Waals surface area (Å²) in [6.45, 7) is 7.55. The second-order valence-corrected chi connectivity index (χ2v) is 5.93. The molecule has 0 saturated carbocycles. The zero-order valence-corrected chi connectivity index (χ0v) is 11.6. The van der Waals surface area contributed by atoms with Gasteiger partial charge in [-0.05, 0) is 18.3 Å². The third-order valence-electron chi connectivity index (χ3n) is 2.94. The molecule has 0 heterocycles. The molecule has 0 amide bonds. The Labute approximate surface area is 108 Å². The van der Waals surface area contributed by atoms with Gasteiger partial charge in [0, 0.05) is 6.42 Å². The second-order valence-electron chi connectivity index (χ2n) is 5.93. The van der Waals surface area contributed by atoms with Crippen molar-refractivity contribution in [3.8, 4) is 0 Å². The maximum Gasteiger partial charge on any atom is 0.164 e. The number of aliphatic hydroxyl groups excluding tert-OH is 4. The van der Waals surface area contributed by atoms with Gasteiger partial charge in [-0.25, -0.2) is 0 Å². The molecular weight excluding hydrogens is 236 g/mol. The first-order chi connectivity index (χ1) is 8.10. The van der Waals surface area contributed by atoms with Crippen molar-refractivity contribution in [3.63, 3.8) is 0 Å². The Morgan fingerprint density at radius 3 is 1.94 bits per heavy atom. The van der Waals surface area contributed by atoms with E-state index < -0.39 is 30.2 Å². The van der Waals surface area contributed by atoms with Gasteiger partial charge in [-0.2, -0.15) is 0 Å². The van der Waals surface area contributed by atoms with Crippen molar-refractivity contribution in [1.29, 1.82) is 0 Å². The molecule has 4 atom stereocenters. The van der Waals surface area contributed by atoms with Gasteiger partial charge in [0.1, 0.15) is 18.3 Å². The van der Waals surface area contributed by atoms with E-state index >= 15 is 0 Å². The molecule has 5 nitrogen and oxygen atoms in total. The lowest BCUT2D eigenvalue weighted by atomic mass is 9.87. The molecule has 0 bridgehead atoms. The Hall–Kier alpha value is -0.490. The fourth-order valence-corrected chi connectivity index (χ4v) is 1.49. The van der Waals surface area contributed by atoms with Gasteiger partial charge in [0.2, 0.25) is 0 Å². The molecule has 0 aromatic carbocycles. The van der Waals surface area contributed by atoms with Crippen LogP contribution in [0.1, 0.15) is 47.0 Å². The summed E-state index contributed by atoms with van der Waals surface area (Å²) >= 11 is 0. The van der Waals surface area contributed by atoms with Crippen LogP contribution in [0.3, 0.4) is 0 Å². The number of carbonyl (C=O) groups is 1. The topological polar surface area (TPSA) is 98.0 Å². The van der Waals surface area contributed by atoms with E-state index in [9.17, 15) is 25.2 Å². The number of rotatable bonds is 7. The quantitative estimate of drug-likeness (QED) is 0.527. The lowest BCUT2D eigenvalue weighted by Gasteiger charge is -2.26. The number of carbonyl (C=O) groups excluding carboxylic acids is 1. The van der Waals surface area contributed by atoms with Gasteiger partial charge in [-0.15, -0.1) is 0 Å². The molecule has 0 aromatic heterocycles. The molecular formula is C13H26O5. The van der Waals surface area contributed by atoms with Gasteiger partial charge in [0.05, 0.1) is 6.10 Å². The van der Waals surface area contributed by atoms with Gasteiger partial charge >= 0.3 is 0 Å². The molecule has 0 spiro atoms. The first-order valence-corrected chi connectivity index (χ1v) is 6.35. The standard InChI is InChI=1S/C13H26O5/c1-5-8(14)10(16)12(18)11(17)9(15)6-7-13(2,3)4/h8,10-12,14,16-18H,5-7H2,1-4H3. The van der Waals surface area contributed by atoms with Crippen molar-refractivity contribution in [3.05, 3.63) is 0 Å². The number of hydrogen-bond acceptors (Lipinski definition) is 5. The average Bonchev–Trinajstić information content (AvgIpc) is 2.31. The first-order valence-electron chi connectivity index (χ1n) is 6.35. The number of hydrogen-bond donors (Lipinski definition) is 4. The Morgan fingerprint density at radius 1 is 1.06 bits per heavy atom. The van der Waals surface area contributed by atoms with Crippen molar-refractivity contribution >= 4 is 5.78 Å². The summed E-state index contributed by atoms with van der Waals surface area (Å²) in [6, 6.07) is 0. The smallest absolute Gasteiger partial charge is 0.164 e. The van der Waals surface area contributed by atoms with Crippen LogP contribution in [0.2, 0.25) is 0 Å². The molecule has 0 aliphatic heterocycles. The predicted molar refractivity (Wildman–Crippen MR) is 68.0 cm³/mol. The van der Waals surface area contributed by atoms with E-state index in [2.05, 4.69) is 0 Å². The van der Waals surface area contributed by atoms with E-state index in [-0.39, 0.29) is 18.3 Å². The highest BCUT2D eigenvalue weighted by atomic mass is 16.4. The van der Waals surface area contributed by atoms with Crippen LogP contribution in [0.5, 0.6) is 0 Å². The van der Waals surface area contributed by atoms with Crippen LogP contribution in [0.25, 0.3) is 0 Å². The zero-order valence-electron chi connectivity index (χ0n) is 11.6. The van der Waals surface area contributed by atoms with Crippen LogP contribution in [-0.2, 0) is 4.79 Å². The van der Waals surface area contributed by atoms with Gasteiger partial charge in [0.15, 0.2) is 5.78 Å². The summed E-state index contributed by atoms with van der Waals surface area (Å²) in [5.41, 5.74) is -0.0398. The molecule has 4 unspecified atom stereocenters. The summed E-state index contributed by atoms with van der Waals surface area (Å²) in [6.07, 6.45) is -5.00. The van der Waals surface area contributed by atoms with E-state index in [4.69, 9.17) is 0 Å². The maximum absolute atomic E-state index is 11.6. The van der Waals surface area contributed by atoms with Crippen LogP contribution in [0, 0.1) is 5.41 Å². The first kappa shape index (κ1) is 17.5. The van der Waals surface area contributed by atoms with E-state index in [0.717, 1.165) is 0 Å². The van der Waals surface area contributed by atoms with Crippen molar-refractivity contribution in [1.82, 2.24) is 0 Å². The fourth-order valence-electron chi connectivity index (χ4n) is 1.49. The average molecular weight is 262 g/mol. The highest BCUT2D eigenvalue weighted by molar-refractivity contribution is 5.83. The minimum absolute atomic E-state index is 0.0398. The summed E-state index contributed by atoms with van der Waals surface area (Å²) in [5.74, 6) is -0.514. The third kappa shape index (κ3) is 5.91. The van der Waals surface area contributed by atoms with Gasteiger partial charge in [-0.3, -0.25) is 4.79 Å². The molecule has 0 rings (SSSR count). The molecule has 5 heteroatoms. The van der Waals surface area contributed by atoms with E-state index in [0.29, 0.717) is 6.42 Å². The van der Waals surface area contributed by atoms with Crippen molar-refractivity contribution in [2.75, 3.05) is 0 Å². The Balaban J connectivity index is 4.36. The third-order valence-corrected chi connectivity index (χ3v) is 2.94. The minimum Gasteiger partial charge on any atom is -0.390 e. The predicted octanol–water partition coefficient (Wildman–Crippen LogP) is 0.235. The van der Waals surface area contributed by atoms with Gasteiger partial charge in [0.25, 0.3) is 0 Å². The lowest BCUT2D eigenvalue weighted by Crippen LogP contribution is -2.47. The number of aliphatic hydroxyl groups is 4. The normalized spacial score (nSPS) is 19.1. The summed E-state index contributed by atoms with van der Waals surface area (Å²) in [4.78, 5) is 11.6. The molecule has 0 aromatic rings. The van der Waals surface area contributed by atoms with E-state index in [1.54, 1.807) is 6.92 Å². The lowest BCUT2D eigenvalue weighted by molar-refractivity contribution is -0.145. The van der Waals surface area contributed by atoms with Crippen LogP contribution in [0.4, 0.5) is 0 Å². The van der Waals surface area contributed by atoms with Crippen molar-refractivity contribution in [2.24, 2.45) is 5.41 Å². The molecule has 18 heavy (non-hydrogen) atoms. The van der Waals surface area contributed by atoms with Crippen molar-refractivity contribution in [2.45, 2.75) is 71.4 Å². The van der Waals surface area contributed by atoms with Crippen molar-refractivity contribution < 1.29 is 25.2 Å². The van der Waals surface area contributed by atoms with Crippen LogP contribution in [-0.4, -0.2) is 50.6 Å². The summed E-state index contributed by atoms with van der Waals surface area (Å²) < 4.78 is 0. The number of ketones is 1. The highest BCUT2D eigenvalue weighted by Gasteiger charge is 2.33. The minimum atomic E-state index is -1.65. The Kier molecular flexibility index (Phi) is 6.99. The molecule has 0 aliphatic carbocycles. The van der Waals surface area contributed by atoms with Crippen LogP contribution < -0.4 is 0 Å². The largest absolute Gasteiger partial charge is 0.390 e. The van der Waals surface area contributed by atoms with Crippen LogP contribution in [0.15, 0.2) is 0 Å². The molecule has 0 fully saturated rings. The van der Waals surface area contributed by atoms with E-state index in [1.165, 1.54) is 0 Å². The SMILES string of the molecule is CCC(O)C(O)C(O)C(O)C(=O)CCC(C)(C)C. The maximum atomic E-state index is 11.6. The second kappa shape index (κ2) is 7.19. The Morgan fingerprint density at radius 2 is 1.56 bits per heavy atom. The summed E-state index contributed by atoms with van der Waals surface area (Å²) in [5, 5.41) is 38.1. The zero-order chi connectivity index (χ0) is 14.5. The van der Waals surface area contributed by atoms with Crippen LogP contribution >= 0.6 is 0 Å². The Bertz CT molecular complexity index is 259.